The highest BCUT2D eigenvalue weighted by Crippen LogP contribution is 2.14. The molecule has 1 aromatic rings. The number of nitrogens with two attached hydrogens (primary N) is 1. The second kappa shape index (κ2) is 3.59. The van der Waals surface area contributed by atoms with Gasteiger partial charge in [0.15, 0.2) is 0 Å². The molecule has 1 aromatic heterocycles. The highest BCUT2D eigenvalue weighted by Gasteiger charge is 2.14. The quantitative estimate of drug-likeness (QED) is 0.531. The molecule has 0 aliphatic carbocycles. The maximum atomic E-state index is 10.6. The molecule has 0 spiro atoms. The second-order valence-electron chi connectivity index (χ2n) is 2.88. The number of H-pyrrole nitrogens is 1. The van der Waals surface area contributed by atoms with Gasteiger partial charge in [0.2, 0.25) is 0 Å². The van der Waals surface area contributed by atoms with E-state index in [1.807, 2.05) is 0 Å². The third-order valence-corrected chi connectivity index (χ3v) is 1.85. The molecular formula is C8H12N2O3. The van der Waals surface area contributed by atoms with Gasteiger partial charge in [-0.05, 0) is 18.6 Å². The minimum Gasteiger partial charge on any atom is -0.477 e. The molecule has 72 valence electrons. The smallest absolute Gasteiger partial charge is 0.352 e. The van der Waals surface area contributed by atoms with E-state index in [-0.39, 0.29) is 12.3 Å². The Hall–Kier alpha value is -1.33. The zero-order valence-electron chi connectivity index (χ0n) is 7.24. The van der Waals surface area contributed by atoms with Gasteiger partial charge in [-0.15, -0.1) is 0 Å². The SMILES string of the molecule is Cc1cc(C(N)CO)[nH]c1C(=O)O. The Morgan fingerprint density at radius 1 is 1.77 bits per heavy atom. The average molecular weight is 184 g/mol. The lowest BCUT2D eigenvalue weighted by Crippen LogP contribution is -2.15. The van der Waals surface area contributed by atoms with Crippen molar-refractivity contribution in [2.75, 3.05) is 6.61 Å². The molecule has 0 aliphatic heterocycles. The van der Waals surface area contributed by atoms with E-state index in [2.05, 4.69) is 4.98 Å². The van der Waals surface area contributed by atoms with E-state index >= 15 is 0 Å². The molecule has 1 unspecified atom stereocenters. The van der Waals surface area contributed by atoms with Gasteiger partial charge < -0.3 is 20.9 Å². The largest absolute Gasteiger partial charge is 0.477 e. The van der Waals surface area contributed by atoms with Crippen LogP contribution in [0.15, 0.2) is 6.07 Å². The number of hydrogen-bond donors (Lipinski definition) is 4. The van der Waals surface area contributed by atoms with Crippen molar-refractivity contribution < 1.29 is 15.0 Å². The van der Waals surface area contributed by atoms with Crippen molar-refractivity contribution in [1.29, 1.82) is 0 Å². The number of carboxylic acids is 1. The Morgan fingerprint density at radius 2 is 2.38 bits per heavy atom. The van der Waals surface area contributed by atoms with Crippen molar-refractivity contribution >= 4 is 5.97 Å². The molecule has 0 aliphatic rings. The fourth-order valence-corrected chi connectivity index (χ4v) is 1.10. The number of carboxylic acid groups (broad SMARTS) is 1. The molecule has 0 radical (unpaired) electrons. The van der Waals surface area contributed by atoms with E-state index in [4.69, 9.17) is 15.9 Å². The van der Waals surface area contributed by atoms with E-state index in [0.717, 1.165) is 0 Å². The zero-order valence-corrected chi connectivity index (χ0v) is 7.24. The number of aliphatic hydroxyl groups is 1. The number of aromatic amines is 1. The lowest BCUT2D eigenvalue weighted by atomic mass is 10.2. The van der Waals surface area contributed by atoms with Crippen LogP contribution in [0.25, 0.3) is 0 Å². The molecule has 0 aromatic carbocycles. The fourth-order valence-electron chi connectivity index (χ4n) is 1.10. The average Bonchev–Trinajstić information content (AvgIpc) is 2.46. The molecular weight excluding hydrogens is 172 g/mol. The molecule has 5 N–H and O–H groups in total. The first-order valence-corrected chi connectivity index (χ1v) is 3.85. The van der Waals surface area contributed by atoms with Crippen LogP contribution in [0.1, 0.15) is 27.8 Å². The summed E-state index contributed by atoms with van der Waals surface area (Å²) in [6.45, 7) is 1.46. The van der Waals surface area contributed by atoms with Crippen molar-refractivity contribution in [2.24, 2.45) is 5.73 Å². The summed E-state index contributed by atoms with van der Waals surface area (Å²) in [4.78, 5) is 13.3. The first kappa shape index (κ1) is 9.76. The molecule has 5 nitrogen and oxygen atoms in total. The van der Waals surface area contributed by atoms with Gasteiger partial charge in [0.05, 0.1) is 12.6 Å². The minimum atomic E-state index is -1.02. The lowest BCUT2D eigenvalue weighted by Gasteiger charge is -2.03. The maximum absolute atomic E-state index is 10.6. The van der Waals surface area contributed by atoms with E-state index in [0.29, 0.717) is 11.3 Å². The Kier molecular flexibility index (Phi) is 2.69. The van der Waals surface area contributed by atoms with E-state index in [1.165, 1.54) is 0 Å². The minimum absolute atomic E-state index is 0.124. The van der Waals surface area contributed by atoms with Gasteiger partial charge in [0.25, 0.3) is 0 Å². The predicted molar refractivity (Wildman–Crippen MR) is 46.5 cm³/mol. The maximum Gasteiger partial charge on any atom is 0.352 e. The Bertz CT molecular complexity index is 319. The summed E-state index contributed by atoms with van der Waals surface area (Å²) in [7, 11) is 0. The number of carbonyl (C=O) groups is 1. The van der Waals surface area contributed by atoms with Crippen LogP contribution in [0.5, 0.6) is 0 Å². The molecule has 1 heterocycles. The number of hydrogen-bond acceptors (Lipinski definition) is 3. The third-order valence-electron chi connectivity index (χ3n) is 1.85. The van der Waals surface area contributed by atoms with Crippen LogP contribution in [0, 0.1) is 6.92 Å². The monoisotopic (exact) mass is 184 g/mol. The van der Waals surface area contributed by atoms with Gasteiger partial charge in [0, 0.05) is 5.69 Å². The molecule has 0 saturated carbocycles. The summed E-state index contributed by atoms with van der Waals surface area (Å²) in [5.74, 6) is -1.02. The van der Waals surface area contributed by atoms with Crippen LogP contribution in [0.2, 0.25) is 0 Å². The van der Waals surface area contributed by atoms with E-state index < -0.39 is 12.0 Å². The summed E-state index contributed by atoms with van der Waals surface area (Å²) in [6, 6.07) is 1.08. The highest BCUT2D eigenvalue weighted by molar-refractivity contribution is 5.87. The van der Waals surface area contributed by atoms with Gasteiger partial charge >= 0.3 is 5.97 Å². The van der Waals surface area contributed by atoms with Crippen molar-refractivity contribution in [2.45, 2.75) is 13.0 Å². The van der Waals surface area contributed by atoms with Crippen LogP contribution in [-0.2, 0) is 0 Å². The van der Waals surface area contributed by atoms with Crippen molar-refractivity contribution in [3.63, 3.8) is 0 Å². The molecule has 13 heavy (non-hydrogen) atoms. The summed E-state index contributed by atoms with van der Waals surface area (Å²) < 4.78 is 0. The van der Waals surface area contributed by atoms with Gasteiger partial charge in [-0.2, -0.15) is 0 Å². The van der Waals surface area contributed by atoms with Crippen molar-refractivity contribution in [1.82, 2.24) is 4.98 Å². The molecule has 0 bridgehead atoms. The number of aliphatic hydroxyl groups excluding tert-OH is 1. The molecule has 0 amide bonds. The first-order valence-electron chi connectivity index (χ1n) is 3.85. The second-order valence-corrected chi connectivity index (χ2v) is 2.88. The van der Waals surface area contributed by atoms with Crippen molar-refractivity contribution in [3.8, 4) is 0 Å². The normalized spacial score (nSPS) is 12.8. The summed E-state index contributed by atoms with van der Waals surface area (Å²) in [5, 5.41) is 17.4. The number of aromatic nitrogens is 1. The number of nitrogens with one attached hydrogen (secondary N) is 1. The Balaban J connectivity index is 3.01. The standard InChI is InChI=1S/C8H12N2O3/c1-4-2-6(5(9)3-11)10-7(4)8(12)13/h2,5,10-11H,3,9H2,1H3,(H,12,13). The number of rotatable bonds is 3. The predicted octanol–water partition coefficient (Wildman–Crippen LogP) is 0.0134. The summed E-state index contributed by atoms with van der Waals surface area (Å²) in [6.07, 6.45) is 0. The summed E-state index contributed by atoms with van der Waals surface area (Å²) in [5.41, 5.74) is 6.78. The molecule has 0 saturated heterocycles. The van der Waals surface area contributed by atoms with E-state index in [1.54, 1.807) is 13.0 Å². The van der Waals surface area contributed by atoms with Gasteiger partial charge in [-0.3, -0.25) is 0 Å². The third kappa shape index (κ3) is 1.88. The molecule has 1 atom stereocenters. The van der Waals surface area contributed by atoms with Crippen LogP contribution >= 0.6 is 0 Å². The van der Waals surface area contributed by atoms with Crippen LogP contribution < -0.4 is 5.73 Å². The Labute approximate surface area is 75.2 Å². The molecule has 1 rings (SSSR count). The van der Waals surface area contributed by atoms with Crippen LogP contribution in [-0.4, -0.2) is 27.8 Å². The molecule has 5 heteroatoms. The molecule has 0 fully saturated rings. The highest BCUT2D eigenvalue weighted by atomic mass is 16.4. The van der Waals surface area contributed by atoms with Crippen LogP contribution in [0.3, 0.4) is 0 Å². The Morgan fingerprint density at radius 3 is 2.77 bits per heavy atom. The number of aryl methyl sites for hydroxylation is 1. The van der Waals surface area contributed by atoms with Gasteiger partial charge in [-0.1, -0.05) is 0 Å². The van der Waals surface area contributed by atoms with Crippen molar-refractivity contribution in [3.05, 3.63) is 23.0 Å². The fraction of sp³-hybridized carbons (Fsp3) is 0.375. The van der Waals surface area contributed by atoms with Gasteiger partial charge in [-0.25, -0.2) is 4.79 Å². The number of aromatic carboxylic acids is 1. The first-order chi connectivity index (χ1) is 6.06. The topological polar surface area (TPSA) is 99.3 Å². The van der Waals surface area contributed by atoms with E-state index in [9.17, 15) is 4.79 Å². The summed E-state index contributed by atoms with van der Waals surface area (Å²) >= 11 is 0. The van der Waals surface area contributed by atoms with Crippen LogP contribution in [0.4, 0.5) is 0 Å². The lowest BCUT2D eigenvalue weighted by molar-refractivity contribution is 0.0690. The van der Waals surface area contributed by atoms with Gasteiger partial charge in [0.1, 0.15) is 5.69 Å². The zero-order chi connectivity index (χ0) is 10.0.